The van der Waals surface area contributed by atoms with Crippen molar-refractivity contribution in [1.82, 2.24) is 0 Å². The summed E-state index contributed by atoms with van der Waals surface area (Å²) in [4.78, 5) is 1.28. The summed E-state index contributed by atoms with van der Waals surface area (Å²) in [7, 11) is 0. The molecule has 15 heavy (non-hydrogen) atoms. The zero-order chi connectivity index (χ0) is 11.0. The summed E-state index contributed by atoms with van der Waals surface area (Å²) in [5.74, 6) is 0.561. The molecule has 0 spiro atoms. The van der Waals surface area contributed by atoms with Crippen molar-refractivity contribution in [3.05, 3.63) is 20.3 Å². The van der Waals surface area contributed by atoms with Crippen LogP contribution in [-0.2, 0) is 4.74 Å². The van der Waals surface area contributed by atoms with Gasteiger partial charge in [0.1, 0.15) is 0 Å². The van der Waals surface area contributed by atoms with E-state index >= 15 is 0 Å². The van der Waals surface area contributed by atoms with Gasteiger partial charge in [-0.1, -0.05) is 6.92 Å². The first-order valence-corrected chi connectivity index (χ1v) is 7.15. The average molecular weight is 310 g/mol. The fourth-order valence-electron chi connectivity index (χ4n) is 2.00. The van der Waals surface area contributed by atoms with E-state index in [0.29, 0.717) is 5.92 Å². The molecule has 0 aliphatic carbocycles. The Balaban J connectivity index is 2.19. The summed E-state index contributed by atoms with van der Waals surface area (Å²) >= 11 is 11.7. The van der Waals surface area contributed by atoms with Gasteiger partial charge in [0.05, 0.1) is 15.3 Å². The highest BCUT2D eigenvalue weighted by Gasteiger charge is 2.33. The maximum Gasteiger partial charge on any atom is 0.0860 e. The zero-order valence-corrected chi connectivity index (χ0v) is 12.0. The van der Waals surface area contributed by atoms with E-state index in [4.69, 9.17) is 16.3 Å². The predicted octanol–water partition coefficient (Wildman–Crippen LogP) is 4.52. The van der Waals surface area contributed by atoms with Crippen molar-refractivity contribution in [3.63, 3.8) is 0 Å². The highest BCUT2D eigenvalue weighted by molar-refractivity contribution is 9.11. The molecule has 1 aliphatic heterocycles. The summed E-state index contributed by atoms with van der Waals surface area (Å²) in [5, 5.41) is -0.00921. The van der Waals surface area contributed by atoms with Crippen molar-refractivity contribution < 1.29 is 4.74 Å². The van der Waals surface area contributed by atoms with Crippen LogP contribution in [-0.4, -0.2) is 12.7 Å². The summed E-state index contributed by atoms with van der Waals surface area (Å²) < 4.78 is 6.85. The number of hydrogen-bond acceptors (Lipinski definition) is 2. The molecule has 2 heterocycles. The van der Waals surface area contributed by atoms with Gasteiger partial charge in [-0.05, 0) is 46.8 Å². The molecule has 3 unspecified atom stereocenters. The average Bonchev–Trinajstić information content (AvgIpc) is 2.71. The second kappa shape index (κ2) is 4.74. The summed E-state index contributed by atoms with van der Waals surface area (Å²) in [6, 6.07) is 2.12. The maximum absolute atomic E-state index is 6.49. The third-order valence-corrected chi connectivity index (χ3v) is 5.01. The minimum absolute atomic E-state index is 0.00921. The molecule has 1 saturated heterocycles. The smallest absolute Gasteiger partial charge is 0.0860 e. The summed E-state index contributed by atoms with van der Waals surface area (Å²) in [6.45, 7) is 5.17. The van der Waals surface area contributed by atoms with Gasteiger partial charge in [-0.25, -0.2) is 0 Å². The van der Waals surface area contributed by atoms with Crippen LogP contribution in [0.5, 0.6) is 0 Å². The molecule has 0 bridgehead atoms. The van der Waals surface area contributed by atoms with Gasteiger partial charge in [0, 0.05) is 11.5 Å². The van der Waals surface area contributed by atoms with Crippen LogP contribution < -0.4 is 0 Å². The van der Waals surface area contributed by atoms with Gasteiger partial charge in [-0.2, -0.15) is 0 Å². The van der Waals surface area contributed by atoms with Crippen LogP contribution in [0.15, 0.2) is 9.85 Å². The van der Waals surface area contributed by atoms with Gasteiger partial charge in [-0.3, -0.25) is 0 Å². The highest BCUT2D eigenvalue weighted by Crippen LogP contribution is 2.40. The molecule has 0 saturated carbocycles. The normalized spacial score (nSPS) is 28.3. The Kier molecular flexibility index (Phi) is 3.76. The fourth-order valence-corrected chi connectivity index (χ4v) is 4.37. The Morgan fingerprint density at radius 3 is 2.87 bits per heavy atom. The topological polar surface area (TPSA) is 9.23 Å². The van der Waals surface area contributed by atoms with Crippen molar-refractivity contribution in [2.45, 2.75) is 31.7 Å². The van der Waals surface area contributed by atoms with E-state index < -0.39 is 0 Å². The van der Waals surface area contributed by atoms with E-state index in [1.807, 2.05) is 0 Å². The molecule has 2 rings (SSSR count). The van der Waals surface area contributed by atoms with Crippen molar-refractivity contribution in [2.24, 2.45) is 5.92 Å². The van der Waals surface area contributed by atoms with Crippen LogP contribution in [0.3, 0.4) is 0 Å². The SMILES string of the molecule is Cc1sc(Br)cc1C(Cl)C1OCCC1C. The number of alkyl halides is 1. The highest BCUT2D eigenvalue weighted by atomic mass is 79.9. The second-order valence-corrected chi connectivity index (χ2v) is 7.17. The predicted molar refractivity (Wildman–Crippen MR) is 68.9 cm³/mol. The minimum atomic E-state index is -0.00921. The summed E-state index contributed by atoms with van der Waals surface area (Å²) in [6.07, 6.45) is 1.30. The maximum atomic E-state index is 6.49. The van der Waals surface area contributed by atoms with Crippen LogP contribution in [0, 0.1) is 12.8 Å². The fraction of sp³-hybridized carbons (Fsp3) is 0.636. The largest absolute Gasteiger partial charge is 0.376 e. The van der Waals surface area contributed by atoms with Gasteiger partial charge in [0.15, 0.2) is 0 Å². The van der Waals surface area contributed by atoms with E-state index in [1.54, 1.807) is 11.3 Å². The lowest BCUT2D eigenvalue weighted by Gasteiger charge is -2.20. The van der Waals surface area contributed by atoms with Gasteiger partial charge in [-0.15, -0.1) is 22.9 Å². The van der Waals surface area contributed by atoms with E-state index in [9.17, 15) is 0 Å². The van der Waals surface area contributed by atoms with E-state index in [1.165, 1.54) is 10.4 Å². The van der Waals surface area contributed by atoms with Crippen molar-refractivity contribution in [3.8, 4) is 0 Å². The third-order valence-electron chi connectivity index (χ3n) is 2.96. The van der Waals surface area contributed by atoms with Crippen LogP contribution in [0.4, 0.5) is 0 Å². The Hall–Kier alpha value is 0.430. The van der Waals surface area contributed by atoms with E-state index in [2.05, 4.69) is 35.8 Å². The molecule has 0 radical (unpaired) electrons. The third kappa shape index (κ3) is 2.41. The van der Waals surface area contributed by atoms with E-state index in [-0.39, 0.29) is 11.5 Å². The summed E-state index contributed by atoms with van der Waals surface area (Å²) in [5.41, 5.74) is 1.22. The molecule has 1 aromatic rings. The lowest BCUT2D eigenvalue weighted by atomic mass is 9.97. The number of ether oxygens (including phenoxy) is 1. The molecule has 1 aromatic heterocycles. The number of hydrogen-bond donors (Lipinski definition) is 0. The number of aryl methyl sites for hydroxylation is 1. The number of thiophene rings is 1. The molecule has 4 heteroatoms. The molecule has 0 N–H and O–H groups in total. The molecule has 1 aliphatic rings. The monoisotopic (exact) mass is 308 g/mol. The van der Waals surface area contributed by atoms with Crippen LogP contribution in [0.2, 0.25) is 0 Å². The molecular weight excluding hydrogens is 296 g/mol. The lowest BCUT2D eigenvalue weighted by Crippen LogP contribution is -2.19. The molecule has 0 amide bonds. The van der Waals surface area contributed by atoms with Crippen molar-refractivity contribution >= 4 is 38.9 Å². The quantitative estimate of drug-likeness (QED) is 0.730. The first-order valence-electron chi connectivity index (χ1n) is 5.11. The molecule has 1 fully saturated rings. The van der Waals surface area contributed by atoms with Crippen LogP contribution >= 0.6 is 38.9 Å². The van der Waals surface area contributed by atoms with Gasteiger partial charge in [0.25, 0.3) is 0 Å². The zero-order valence-electron chi connectivity index (χ0n) is 8.80. The van der Waals surface area contributed by atoms with E-state index in [0.717, 1.165) is 16.8 Å². The molecule has 84 valence electrons. The first kappa shape index (κ1) is 11.9. The van der Waals surface area contributed by atoms with Gasteiger partial charge >= 0.3 is 0 Å². The standard InChI is InChI=1S/C11H14BrClOS/c1-6-3-4-14-11(6)10(13)8-5-9(12)15-7(8)2/h5-6,10-11H,3-4H2,1-2H3. The number of halogens is 2. The van der Waals surface area contributed by atoms with Gasteiger partial charge in [0.2, 0.25) is 0 Å². The minimum Gasteiger partial charge on any atom is -0.376 e. The molecular formula is C11H14BrClOS. The molecule has 0 aromatic carbocycles. The Labute approximate surface area is 108 Å². The Bertz CT molecular complexity index is 352. The molecule has 3 atom stereocenters. The van der Waals surface area contributed by atoms with Crippen LogP contribution in [0.1, 0.15) is 29.2 Å². The molecule has 1 nitrogen and oxygen atoms in total. The number of rotatable bonds is 2. The lowest BCUT2D eigenvalue weighted by molar-refractivity contribution is 0.0903. The van der Waals surface area contributed by atoms with Gasteiger partial charge < -0.3 is 4.74 Å². The Morgan fingerprint density at radius 2 is 2.40 bits per heavy atom. The van der Waals surface area contributed by atoms with Crippen LogP contribution in [0.25, 0.3) is 0 Å². The first-order chi connectivity index (χ1) is 7.09. The van der Waals surface area contributed by atoms with Crippen molar-refractivity contribution in [2.75, 3.05) is 6.61 Å². The Morgan fingerprint density at radius 1 is 1.67 bits per heavy atom. The van der Waals surface area contributed by atoms with Crippen molar-refractivity contribution in [1.29, 1.82) is 0 Å². The second-order valence-electron chi connectivity index (χ2n) is 4.07.